The van der Waals surface area contributed by atoms with E-state index in [9.17, 15) is 9.59 Å². The third-order valence-electron chi connectivity index (χ3n) is 4.69. The van der Waals surface area contributed by atoms with E-state index in [1.54, 1.807) is 13.2 Å². The number of nitrogens with zero attached hydrogens (tertiary/aromatic N) is 1. The number of carbonyl (C=O) groups excluding carboxylic acids is 2. The first-order chi connectivity index (χ1) is 12.1. The fourth-order valence-corrected chi connectivity index (χ4v) is 3.26. The molecule has 3 rings (SSSR count). The van der Waals surface area contributed by atoms with Gasteiger partial charge in [-0.2, -0.15) is 0 Å². The zero-order valence-electron chi connectivity index (χ0n) is 14.8. The van der Waals surface area contributed by atoms with E-state index < -0.39 is 0 Å². The largest absolute Gasteiger partial charge is 0.493 e. The lowest BCUT2D eigenvalue weighted by molar-refractivity contribution is -0.131. The average Bonchev–Trinajstić information content (AvgIpc) is 2.99. The number of para-hydroxylation sites is 1. The molecule has 0 atom stereocenters. The highest BCUT2D eigenvalue weighted by Crippen LogP contribution is 2.32. The van der Waals surface area contributed by atoms with Crippen molar-refractivity contribution in [1.82, 2.24) is 10.2 Å². The number of benzene rings is 1. The van der Waals surface area contributed by atoms with Crippen LogP contribution in [0.15, 0.2) is 22.6 Å². The van der Waals surface area contributed by atoms with Crippen LogP contribution in [0.3, 0.4) is 0 Å². The first kappa shape index (κ1) is 17.3. The predicted octanol–water partition coefficient (Wildman–Crippen LogP) is 2.88. The zero-order valence-corrected chi connectivity index (χ0v) is 14.8. The highest BCUT2D eigenvalue weighted by atomic mass is 16.5. The minimum absolute atomic E-state index is 0.1000. The molecule has 6 nitrogen and oxygen atoms in total. The molecule has 0 spiro atoms. The number of methoxy groups -OCH3 is 1. The summed E-state index contributed by atoms with van der Waals surface area (Å²) in [4.78, 5) is 26.4. The molecule has 134 valence electrons. The first-order valence-corrected chi connectivity index (χ1v) is 8.74. The number of fused-ring (bicyclic) bond motifs is 1. The van der Waals surface area contributed by atoms with Gasteiger partial charge in [-0.3, -0.25) is 9.59 Å². The molecule has 1 aliphatic rings. The number of furan rings is 1. The monoisotopic (exact) mass is 344 g/mol. The van der Waals surface area contributed by atoms with Crippen LogP contribution in [-0.4, -0.2) is 43.5 Å². The van der Waals surface area contributed by atoms with Crippen LogP contribution in [0.1, 0.15) is 41.8 Å². The quantitative estimate of drug-likeness (QED) is 0.905. The van der Waals surface area contributed by atoms with Crippen LogP contribution in [0, 0.1) is 6.92 Å². The number of carbonyl (C=O) groups is 2. The molecule has 6 heteroatoms. The van der Waals surface area contributed by atoms with Gasteiger partial charge in [-0.15, -0.1) is 0 Å². The maximum atomic E-state index is 12.4. The highest BCUT2D eigenvalue weighted by Gasteiger charge is 2.20. The van der Waals surface area contributed by atoms with E-state index in [-0.39, 0.29) is 17.6 Å². The number of nitrogens with one attached hydrogen (secondary N) is 1. The molecule has 2 heterocycles. The Hall–Kier alpha value is -2.50. The summed E-state index contributed by atoms with van der Waals surface area (Å²) >= 11 is 0. The lowest BCUT2D eigenvalue weighted by Crippen LogP contribution is -2.37. The van der Waals surface area contributed by atoms with Gasteiger partial charge in [0.25, 0.3) is 5.91 Å². The number of ether oxygens (including phenoxy) is 1. The van der Waals surface area contributed by atoms with E-state index in [0.717, 1.165) is 36.9 Å². The summed E-state index contributed by atoms with van der Waals surface area (Å²) in [6.07, 6.45) is 3.64. The summed E-state index contributed by atoms with van der Waals surface area (Å²) in [6, 6.07) is 5.56. The molecule has 0 radical (unpaired) electrons. The van der Waals surface area contributed by atoms with Gasteiger partial charge in [0.15, 0.2) is 17.1 Å². The van der Waals surface area contributed by atoms with Gasteiger partial charge in [-0.1, -0.05) is 12.1 Å². The van der Waals surface area contributed by atoms with Crippen molar-refractivity contribution in [3.63, 3.8) is 0 Å². The van der Waals surface area contributed by atoms with E-state index in [2.05, 4.69) is 5.32 Å². The highest BCUT2D eigenvalue weighted by molar-refractivity contribution is 6.00. The second kappa shape index (κ2) is 7.59. The molecule has 1 N–H and O–H groups in total. The van der Waals surface area contributed by atoms with Crippen LogP contribution in [0.4, 0.5) is 0 Å². The Kier molecular flexibility index (Phi) is 5.26. The fraction of sp³-hybridized carbons (Fsp3) is 0.474. The molecule has 0 unspecified atom stereocenters. The lowest BCUT2D eigenvalue weighted by Gasteiger charge is -2.26. The molecular formula is C19H24N2O4. The summed E-state index contributed by atoms with van der Waals surface area (Å²) in [7, 11) is 1.57. The van der Waals surface area contributed by atoms with Gasteiger partial charge >= 0.3 is 0 Å². The van der Waals surface area contributed by atoms with E-state index in [1.807, 2.05) is 24.0 Å². The Morgan fingerprint density at radius 2 is 2.00 bits per heavy atom. The van der Waals surface area contributed by atoms with Crippen molar-refractivity contribution in [2.24, 2.45) is 0 Å². The molecule has 0 saturated carbocycles. The number of rotatable bonds is 5. The Morgan fingerprint density at radius 3 is 2.72 bits per heavy atom. The van der Waals surface area contributed by atoms with Crippen LogP contribution < -0.4 is 10.1 Å². The van der Waals surface area contributed by atoms with Crippen LogP contribution in [-0.2, 0) is 4.79 Å². The molecule has 0 bridgehead atoms. The number of hydrogen-bond acceptors (Lipinski definition) is 4. The van der Waals surface area contributed by atoms with E-state index in [1.165, 1.54) is 6.42 Å². The summed E-state index contributed by atoms with van der Waals surface area (Å²) in [5.41, 5.74) is 1.34. The summed E-state index contributed by atoms with van der Waals surface area (Å²) in [6.45, 7) is 3.81. The number of likely N-dealkylation sites (tertiary alicyclic amines) is 1. The summed E-state index contributed by atoms with van der Waals surface area (Å²) in [5, 5.41) is 3.64. The van der Waals surface area contributed by atoms with Crippen molar-refractivity contribution in [2.75, 3.05) is 26.7 Å². The third-order valence-corrected chi connectivity index (χ3v) is 4.69. The van der Waals surface area contributed by atoms with Crippen molar-refractivity contribution < 1.29 is 18.7 Å². The molecule has 1 aromatic carbocycles. The molecule has 1 aliphatic heterocycles. The lowest BCUT2D eigenvalue weighted by atomic mass is 10.1. The van der Waals surface area contributed by atoms with Crippen molar-refractivity contribution in [3.8, 4) is 5.75 Å². The van der Waals surface area contributed by atoms with Gasteiger partial charge in [0.1, 0.15) is 0 Å². The molecule has 1 aromatic heterocycles. The molecule has 1 saturated heterocycles. The molecule has 0 aliphatic carbocycles. The van der Waals surface area contributed by atoms with Gasteiger partial charge in [0, 0.05) is 37.0 Å². The topological polar surface area (TPSA) is 71.8 Å². The van der Waals surface area contributed by atoms with E-state index >= 15 is 0 Å². The number of amides is 2. The first-order valence-electron chi connectivity index (χ1n) is 8.74. The Labute approximate surface area is 147 Å². The van der Waals surface area contributed by atoms with Crippen LogP contribution in [0.5, 0.6) is 5.75 Å². The van der Waals surface area contributed by atoms with Gasteiger partial charge in [0.05, 0.1) is 7.11 Å². The third kappa shape index (κ3) is 3.62. The Morgan fingerprint density at radius 1 is 1.24 bits per heavy atom. The Bertz CT molecular complexity index is 775. The minimum Gasteiger partial charge on any atom is -0.493 e. The molecular weight excluding hydrogens is 320 g/mol. The maximum Gasteiger partial charge on any atom is 0.287 e. The average molecular weight is 344 g/mol. The summed E-state index contributed by atoms with van der Waals surface area (Å²) in [5.74, 6) is 0.662. The van der Waals surface area contributed by atoms with Gasteiger partial charge in [-0.05, 0) is 32.3 Å². The number of hydrogen-bond donors (Lipinski definition) is 1. The van der Waals surface area contributed by atoms with Gasteiger partial charge in [-0.25, -0.2) is 0 Å². The second-order valence-electron chi connectivity index (χ2n) is 6.34. The van der Waals surface area contributed by atoms with Crippen LogP contribution in [0.2, 0.25) is 0 Å². The van der Waals surface area contributed by atoms with Crippen molar-refractivity contribution in [2.45, 2.75) is 32.6 Å². The number of piperidine rings is 1. The molecule has 2 amide bonds. The second-order valence-corrected chi connectivity index (χ2v) is 6.34. The fourth-order valence-electron chi connectivity index (χ4n) is 3.26. The van der Waals surface area contributed by atoms with Crippen molar-refractivity contribution >= 4 is 22.8 Å². The minimum atomic E-state index is -0.304. The van der Waals surface area contributed by atoms with E-state index in [0.29, 0.717) is 24.3 Å². The zero-order chi connectivity index (χ0) is 17.8. The summed E-state index contributed by atoms with van der Waals surface area (Å²) < 4.78 is 11.0. The Balaban J connectivity index is 1.62. The van der Waals surface area contributed by atoms with Crippen LogP contribution in [0.25, 0.3) is 11.0 Å². The van der Waals surface area contributed by atoms with E-state index in [4.69, 9.17) is 9.15 Å². The molecule has 2 aromatic rings. The number of aryl methyl sites for hydroxylation is 1. The normalized spacial score (nSPS) is 14.6. The SMILES string of the molecule is COc1cccc2c(C)c(C(=O)NCCC(=O)N3CCCCC3)oc12. The molecule has 1 fully saturated rings. The smallest absolute Gasteiger partial charge is 0.287 e. The van der Waals surface area contributed by atoms with Crippen molar-refractivity contribution in [1.29, 1.82) is 0 Å². The standard InChI is InChI=1S/C19H24N2O4/c1-13-14-7-6-8-15(24-2)18(14)25-17(13)19(23)20-10-9-16(22)21-11-4-3-5-12-21/h6-8H,3-5,9-12H2,1-2H3,(H,20,23). The van der Waals surface area contributed by atoms with Crippen LogP contribution >= 0.6 is 0 Å². The molecule has 25 heavy (non-hydrogen) atoms. The van der Waals surface area contributed by atoms with Gasteiger partial charge < -0.3 is 19.4 Å². The van der Waals surface area contributed by atoms with Crippen molar-refractivity contribution in [3.05, 3.63) is 29.5 Å². The maximum absolute atomic E-state index is 12.4. The predicted molar refractivity (Wildman–Crippen MR) is 94.9 cm³/mol. The van der Waals surface area contributed by atoms with Gasteiger partial charge in [0.2, 0.25) is 5.91 Å².